The molecule has 0 aliphatic heterocycles. The third-order valence-electron chi connectivity index (χ3n) is 10.9. The van der Waals surface area contributed by atoms with E-state index in [1.165, 1.54) is 75.5 Å². The molecule has 0 N–H and O–H groups in total. The Hall–Kier alpha value is -5.96. The first-order valence-corrected chi connectivity index (χ1v) is 18.5. The van der Waals surface area contributed by atoms with Gasteiger partial charge in [-0.05, 0) is 92.4 Å². The second kappa shape index (κ2) is 11.6. The second-order valence-corrected chi connectivity index (χ2v) is 15.2. The number of benzene rings is 8. The first-order chi connectivity index (χ1) is 25.0. The van der Waals surface area contributed by atoms with Gasteiger partial charge in [-0.2, -0.15) is 0 Å². The zero-order valence-corrected chi connectivity index (χ0v) is 29.4. The van der Waals surface area contributed by atoms with E-state index in [0.717, 1.165) is 17.1 Å². The first-order valence-electron chi connectivity index (χ1n) is 17.7. The lowest BCUT2D eigenvalue weighted by molar-refractivity contribution is 0.660. The molecule has 0 atom stereocenters. The largest absolute Gasteiger partial charge is 0.310 e. The molecule has 9 aromatic rings. The zero-order valence-electron chi connectivity index (χ0n) is 28.6. The molecular weight excluding hydrogens is 635 g/mol. The number of fused-ring (bicyclic) bond motifs is 7. The Morgan fingerprint density at radius 1 is 0.431 bits per heavy atom. The van der Waals surface area contributed by atoms with Crippen molar-refractivity contribution in [1.29, 1.82) is 0 Å². The molecule has 51 heavy (non-hydrogen) atoms. The molecule has 0 saturated heterocycles. The van der Waals surface area contributed by atoms with Crippen molar-refractivity contribution < 1.29 is 0 Å². The topological polar surface area (TPSA) is 3.24 Å². The van der Waals surface area contributed by atoms with Crippen molar-refractivity contribution in [2.24, 2.45) is 0 Å². The summed E-state index contributed by atoms with van der Waals surface area (Å²) in [7, 11) is 0. The van der Waals surface area contributed by atoms with Crippen LogP contribution in [0, 0.1) is 0 Å². The number of rotatable bonds is 5. The van der Waals surface area contributed by atoms with Crippen LogP contribution in [0.3, 0.4) is 0 Å². The molecule has 0 spiro atoms. The minimum atomic E-state index is -0.0261. The number of anilines is 3. The van der Waals surface area contributed by atoms with Gasteiger partial charge in [-0.3, -0.25) is 0 Å². The van der Waals surface area contributed by atoms with Gasteiger partial charge in [-0.15, -0.1) is 11.3 Å². The third-order valence-corrected chi connectivity index (χ3v) is 12.1. The van der Waals surface area contributed by atoms with Crippen molar-refractivity contribution in [2.75, 3.05) is 4.90 Å². The molecule has 1 aliphatic carbocycles. The predicted molar refractivity (Wildman–Crippen MR) is 220 cm³/mol. The summed E-state index contributed by atoms with van der Waals surface area (Å²) >= 11 is 1.88. The van der Waals surface area contributed by atoms with Crippen molar-refractivity contribution in [3.05, 3.63) is 187 Å². The van der Waals surface area contributed by atoms with Gasteiger partial charge < -0.3 is 4.90 Å². The first kappa shape index (κ1) is 29.9. The summed E-state index contributed by atoms with van der Waals surface area (Å²) in [4.78, 5) is 2.40. The molecule has 1 aromatic heterocycles. The zero-order chi connectivity index (χ0) is 34.1. The molecule has 0 saturated carbocycles. The van der Waals surface area contributed by atoms with Gasteiger partial charge in [0.1, 0.15) is 0 Å². The molecule has 10 rings (SSSR count). The molecule has 0 unspecified atom stereocenters. The van der Waals surface area contributed by atoms with Crippen molar-refractivity contribution in [3.8, 4) is 33.4 Å². The SMILES string of the molecule is CC1(C)c2ccccc2-c2ccc(-c3ccc(N(c4ccc(-c5cccc6c5sc5ccccc56)cc4)c4cccc5ccccc45)cc3)cc21. The lowest BCUT2D eigenvalue weighted by Gasteiger charge is -2.27. The summed E-state index contributed by atoms with van der Waals surface area (Å²) in [6.07, 6.45) is 0. The Labute approximate surface area is 302 Å². The van der Waals surface area contributed by atoms with E-state index in [4.69, 9.17) is 0 Å². The molecule has 8 aromatic carbocycles. The molecule has 2 heteroatoms. The maximum Gasteiger partial charge on any atom is 0.0540 e. The van der Waals surface area contributed by atoms with Crippen LogP contribution in [0.1, 0.15) is 25.0 Å². The van der Waals surface area contributed by atoms with E-state index in [1.54, 1.807) is 0 Å². The average Bonchev–Trinajstić information content (AvgIpc) is 3.68. The highest BCUT2D eigenvalue weighted by molar-refractivity contribution is 7.26. The summed E-state index contributed by atoms with van der Waals surface area (Å²) in [6.45, 7) is 4.70. The molecule has 0 bridgehead atoms. The third kappa shape index (κ3) is 4.75. The van der Waals surface area contributed by atoms with Gasteiger partial charge in [0.15, 0.2) is 0 Å². The van der Waals surface area contributed by atoms with Gasteiger partial charge in [0.2, 0.25) is 0 Å². The number of thiophene rings is 1. The van der Waals surface area contributed by atoms with Crippen LogP contribution in [0.5, 0.6) is 0 Å². The highest BCUT2D eigenvalue weighted by Gasteiger charge is 2.35. The summed E-state index contributed by atoms with van der Waals surface area (Å²) < 4.78 is 2.67. The van der Waals surface area contributed by atoms with E-state index in [0.29, 0.717) is 0 Å². The van der Waals surface area contributed by atoms with Gasteiger partial charge in [0.05, 0.1) is 5.69 Å². The molecule has 1 nitrogen and oxygen atoms in total. The van der Waals surface area contributed by atoms with E-state index in [1.807, 2.05) is 11.3 Å². The van der Waals surface area contributed by atoms with E-state index >= 15 is 0 Å². The van der Waals surface area contributed by atoms with Crippen LogP contribution in [0.25, 0.3) is 64.3 Å². The van der Waals surface area contributed by atoms with E-state index in [9.17, 15) is 0 Å². The Bertz CT molecular complexity index is 2760. The quantitative estimate of drug-likeness (QED) is 0.176. The molecular formula is C49H35NS. The minimum Gasteiger partial charge on any atom is -0.310 e. The van der Waals surface area contributed by atoms with Crippen molar-refractivity contribution in [1.82, 2.24) is 0 Å². The molecule has 0 radical (unpaired) electrons. The highest BCUT2D eigenvalue weighted by atomic mass is 32.1. The van der Waals surface area contributed by atoms with Gasteiger partial charge >= 0.3 is 0 Å². The van der Waals surface area contributed by atoms with E-state index in [2.05, 4.69) is 195 Å². The average molecular weight is 670 g/mol. The van der Waals surface area contributed by atoms with Gasteiger partial charge in [0.25, 0.3) is 0 Å². The maximum absolute atomic E-state index is 2.41. The van der Waals surface area contributed by atoms with E-state index < -0.39 is 0 Å². The van der Waals surface area contributed by atoms with E-state index in [-0.39, 0.29) is 5.41 Å². The monoisotopic (exact) mass is 669 g/mol. The van der Waals surface area contributed by atoms with Crippen LogP contribution < -0.4 is 4.90 Å². The normalized spacial score (nSPS) is 13.1. The van der Waals surface area contributed by atoms with Crippen molar-refractivity contribution in [2.45, 2.75) is 19.3 Å². The van der Waals surface area contributed by atoms with Crippen LogP contribution in [0.15, 0.2) is 176 Å². The Morgan fingerprint density at radius 2 is 1.02 bits per heavy atom. The van der Waals surface area contributed by atoms with Crippen molar-refractivity contribution in [3.63, 3.8) is 0 Å². The second-order valence-electron chi connectivity index (χ2n) is 14.1. The predicted octanol–water partition coefficient (Wildman–Crippen LogP) is 14.3. The van der Waals surface area contributed by atoms with Crippen LogP contribution in [-0.4, -0.2) is 0 Å². The van der Waals surface area contributed by atoms with Crippen LogP contribution in [0.4, 0.5) is 17.1 Å². The van der Waals surface area contributed by atoms with Crippen LogP contribution in [-0.2, 0) is 5.41 Å². The van der Waals surface area contributed by atoms with Gasteiger partial charge in [-0.1, -0.05) is 147 Å². The summed E-state index contributed by atoms with van der Waals surface area (Å²) in [5, 5.41) is 5.11. The number of hydrogen-bond acceptors (Lipinski definition) is 2. The minimum absolute atomic E-state index is 0.0261. The highest BCUT2D eigenvalue weighted by Crippen LogP contribution is 2.50. The Morgan fingerprint density at radius 3 is 1.84 bits per heavy atom. The molecule has 0 fully saturated rings. The fourth-order valence-corrected chi connectivity index (χ4v) is 9.52. The Balaban J connectivity index is 1.06. The maximum atomic E-state index is 2.41. The summed E-state index contributed by atoms with van der Waals surface area (Å²) in [5.41, 5.74) is 13.9. The molecule has 0 amide bonds. The number of nitrogens with zero attached hydrogens (tertiary/aromatic N) is 1. The summed E-state index contributed by atoms with van der Waals surface area (Å²) in [6, 6.07) is 64.8. The number of hydrogen-bond donors (Lipinski definition) is 0. The standard InChI is InChI=1S/C49H35NS/c1-49(2)44-18-7-5-14-40(44)41-30-25-35(31-45(41)49)32-21-26-36(27-22-32)50(46-19-9-12-33-11-3-4-13-38(33)46)37-28-23-34(24-29-37)39-16-10-17-43-42-15-6-8-20-47(42)51-48(39)43/h3-31H,1-2H3. The van der Waals surface area contributed by atoms with Crippen LogP contribution >= 0.6 is 11.3 Å². The molecule has 1 heterocycles. The fraction of sp³-hybridized carbons (Fsp3) is 0.0612. The Kier molecular flexibility index (Phi) is 6.78. The fourth-order valence-electron chi connectivity index (χ4n) is 8.28. The molecule has 1 aliphatic rings. The van der Waals surface area contributed by atoms with Gasteiger partial charge in [-0.25, -0.2) is 0 Å². The lowest BCUT2D eigenvalue weighted by atomic mass is 9.81. The van der Waals surface area contributed by atoms with Gasteiger partial charge in [0, 0.05) is 42.3 Å². The lowest BCUT2D eigenvalue weighted by Crippen LogP contribution is -2.14. The summed E-state index contributed by atoms with van der Waals surface area (Å²) in [5.74, 6) is 0. The molecule has 242 valence electrons. The smallest absolute Gasteiger partial charge is 0.0540 e. The van der Waals surface area contributed by atoms with Crippen LogP contribution in [0.2, 0.25) is 0 Å². The van der Waals surface area contributed by atoms with Crippen molar-refractivity contribution >= 4 is 59.3 Å².